The number of phenolic OH excluding ortho intramolecular Hbond substituents is 1. The number of likely N-dealkylation sites (N-methyl/N-ethyl adjacent to an activating group) is 2. The molecule has 1 fully saturated rings. The molecule has 0 unspecified atom stereocenters. The highest BCUT2D eigenvalue weighted by atomic mass is 16.3. The van der Waals surface area contributed by atoms with Gasteiger partial charge in [0.15, 0.2) is 11.4 Å². The number of aliphatic hydroxyl groups is 3. The van der Waals surface area contributed by atoms with E-state index in [9.17, 15) is 39.6 Å². The van der Waals surface area contributed by atoms with E-state index in [-0.39, 0.29) is 48.7 Å². The van der Waals surface area contributed by atoms with Crippen LogP contribution in [0.3, 0.4) is 0 Å². The first kappa shape index (κ1) is 29.2. The number of fused-ring (bicyclic) bond motifs is 3. The summed E-state index contributed by atoms with van der Waals surface area (Å²) in [7, 11) is 6.60. The van der Waals surface area contributed by atoms with Crippen molar-refractivity contribution in [3.05, 3.63) is 45.2 Å². The Morgan fingerprint density at radius 3 is 2.33 bits per heavy atom. The van der Waals surface area contributed by atoms with Gasteiger partial charge >= 0.3 is 0 Å². The van der Waals surface area contributed by atoms with Gasteiger partial charge in [-0.15, -0.1) is 0 Å². The zero-order valence-electron chi connectivity index (χ0n) is 23.2. The van der Waals surface area contributed by atoms with Crippen LogP contribution >= 0.6 is 0 Å². The zero-order chi connectivity index (χ0) is 29.8. The number of primary amides is 1. The van der Waals surface area contributed by atoms with Crippen LogP contribution in [0.5, 0.6) is 5.75 Å². The van der Waals surface area contributed by atoms with Crippen LogP contribution in [-0.4, -0.2) is 100.0 Å². The average molecular weight is 557 g/mol. The first-order chi connectivity index (χ1) is 18.7. The molecule has 4 rings (SSSR count). The van der Waals surface area contributed by atoms with E-state index in [1.165, 1.54) is 4.90 Å². The number of amides is 2. The number of rotatable bonds is 7. The fraction of sp³-hybridized carbons (Fsp3) is 0.500. The third kappa shape index (κ3) is 4.36. The number of nitrogens with one attached hydrogen (secondary N) is 1. The molecule has 4 atom stereocenters. The van der Waals surface area contributed by atoms with Crippen LogP contribution in [0.4, 0.5) is 0 Å². The second-order valence-corrected chi connectivity index (χ2v) is 11.2. The topological polar surface area (TPSA) is 194 Å². The van der Waals surface area contributed by atoms with E-state index in [2.05, 4.69) is 5.32 Å². The van der Waals surface area contributed by atoms with Crippen LogP contribution in [-0.2, 0) is 38.6 Å². The summed E-state index contributed by atoms with van der Waals surface area (Å²) in [5.41, 5.74) is 3.38. The summed E-state index contributed by atoms with van der Waals surface area (Å²) >= 11 is 0. The van der Waals surface area contributed by atoms with E-state index in [1.54, 1.807) is 39.2 Å². The van der Waals surface area contributed by atoms with Crippen molar-refractivity contribution in [3.8, 4) is 5.75 Å². The van der Waals surface area contributed by atoms with Crippen LogP contribution in [0.15, 0.2) is 23.0 Å². The quantitative estimate of drug-likeness (QED) is 0.243. The van der Waals surface area contributed by atoms with Crippen LogP contribution in [0, 0.1) is 11.8 Å². The maximum absolute atomic E-state index is 14.0. The van der Waals surface area contributed by atoms with Crippen molar-refractivity contribution in [3.63, 3.8) is 0 Å². The Hall–Kier alpha value is -3.74. The molecule has 3 aliphatic rings. The third-order valence-electron chi connectivity index (χ3n) is 8.21. The second kappa shape index (κ2) is 10.3. The maximum atomic E-state index is 14.0. The van der Waals surface area contributed by atoms with Gasteiger partial charge in [-0.25, -0.2) is 0 Å². The molecule has 7 N–H and O–H groups in total. The van der Waals surface area contributed by atoms with Crippen molar-refractivity contribution in [1.82, 2.24) is 15.1 Å². The molecule has 0 spiro atoms. The summed E-state index contributed by atoms with van der Waals surface area (Å²) in [5.74, 6) is -7.17. The molecule has 2 amide bonds. The number of hydrogen-bond donors (Lipinski definition) is 6. The molecule has 12 heteroatoms. The number of aliphatic hydroxyl groups excluding tert-OH is 2. The van der Waals surface area contributed by atoms with Gasteiger partial charge in [-0.1, -0.05) is 13.0 Å². The van der Waals surface area contributed by atoms with Crippen LogP contribution in [0.25, 0.3) is 5.76 Å². The Balaban J connectivity index is 1.87. The minimum atomic E-state index is -2.69. The number of nitrogens with two attached hydrogens (primary N) is 1. The molecule has 216 valence electrons. The summed E-state index contributed by atoms with van der Waals surface area (Å²) in [6.45, 7) is 2.01. The summed E-state index contributed by atoms with van der Waals surface area (Å²) < 4.78 is 0. The maximum Gasteiger partial charge on any atom is 0.255 e. The Labute approximate surface area is 231 Å². The van der Waals surface area contributed by atoms with Crippen molar-refractivity contribution in [1.29, 1.82) is 0 Å². The van der Waals surface area contributed by atoms with Crippen molar-refractivity contribution in [2.75, 3.05) is 34.7 Å². The Morgan fingerprint density at radius 2 is 1.77 bits per heavy atom. The summed E-state index contributed by atoms with van der Waals surface area (Å²) in [6, 6.07) is 0.619. The highest BCUT2D eigenvalue weighted by Crippen LogP contribution is 2.53. The first-order valence-corrected chi connectivity index (χ1v) is 13.1. The summed E-state index contributed by atoms with van der Waals surface area (Å²) in [4.78, 5) is 54.6. The van der Waals surface area contributed by atoms with Gasteiger partial charge in [0.2, 0.25) is 11.7 Å². The van der Waals surface area contributed by atoms with E-state index < -0.39 is 58.0 Å². The lowest BCUT2D eigenvalue weighted by atomic mass is 9.57. The first-order valence-electron chi connectivity index (χ1n) is 13.1. The summed E-state index contributed by atoms with van der Waals surface area (Å²) in [5, 5.41) is 48.1. The number of carbonyl (C=O) groups excluding carboxylic acids is 4. The van der Waals surface area contributed by atoms with E-state index in [0.29, 0.717) is 17.5 Å². The number of Topliss-reactive ketones (excluding diaryl/α,β-unsaturated/α-hetero) is 2. The van der Waals surface area contributed by atoms with Gasteiger partial charge in [0.25, 0.3) is 5.91 Å². The zero-order valence-corrected chi connectivity index (χ0v) is 23.2. The summed E-state index contributed by atoms with van der Waals surface area (Å²) in [6.07, 6.45) is 0.777. The molecule has 1 saturated carbocycles. The van der Waals surface area contributed by atoms with Crippen molar-refractivity contribution < 1.29 is 39.6 Å². The van der Waals surface area contributed by atoms with Crippen molar-refractivity contribution >= 4 is 29.1 Å². The minimum Gasteiger partial charge on any atom is -0.508 e. The minimum absolute atomic E-state index is 0.0208. The molecular weight excluding hydrogens is 520 g/mol. The van der Waals surface area contributed by atoms with Crippen LogP contribution in [0.1, 0.15) is 35.6 Å². The number of aryl methyl sites for hydroxylation is 1. The van der Waals surface area contributed by atoms with Gasteiger partial charge in [-0.2, -0.15) is 0 Å². The number of phenols is 1. The molecular formula is C28H36N4O8. The highest BCUT2D eigenvalue weighted by molar-refractivity contribution is 6.24. The van der Waals surface area contributed by atoms with E-state index in [1.807, 2.05) is 6.92 Å². The largest absolute Gasteiger partial charge is 0.508 e. The Bertz CT molecular complexity index is 1380. The molecule has 0 saturated heterocycles. The molecule has 0 bridgehead atoms. The molecule has 1 aromatic rings. The van der Waals surface area contributed by atoms with Crippen LogP contribution < -0.4 is 11.1 Å². The van der Waals surface area contributed by atoms with Gasteiger partial charge in [0.1, 0.15) is 22.8 Å². The van der Waals surface area contributed by atoms with E-state index in [0.717, 1.165) is 5.56 Å². The van der Waals surface area contributed by atoms with Gasteiger partial charge in [-0.05, 0) is 64.5 Å². The van der Waals surface area contributed by atoms with Gasteiger partial charge in [-0.3, -0.25) is 24.1 Å². The number of nitrogens with zero attached hydrogens (tertiary/aromatic N) is 2. The molecule has 40 heavy (non-hydrogen) atoms. The lowest BCUT2D eigenvalue weighted by Gasteiger charge is -2.50. The molecule has 12 nitrogen and oxygen atoms in total. The van der Waals surface area contributed by atoms with Gasteiger partial charge in [0.05, 0.1) is 18.2 Å². The molecule has 1 aromatic carbocycles. The lowest BCUT2D eigenvalue weighted by molar-refractivity contribution is -0.153. The standard InChI is InChI=1S/C28H36N4O8/c1-6-12-7-14(10-30-17(33)11-31(2)3)22(34)19-15(12)8-13-9-16-21(32(4)5)24(36)20(27(29)39)26(38)28(16,40)25(37)18(13)23(19)35/h7,13,16,21,34-35,38,40H,6,8-11H2,1-5H3,(H2,29,39)(H,30,33)/t13-,16-,21-,28-/m1/s1. The van der Waals surface area contributed by atoms with Crippen LogP contribution in [0.2, 0.25) is 0 Å². The average Bonchev–Trinajstić information content (AvgIpc) is 2.85. The molecule has 0 heterocycles. The Morgan fingerprint density at radius 1 is 1.12 bits per heavy atom. The smallest absolute Gasteiger partial charge is 0.255 e. The predicted molar refractivity (Wildman–Crippen MR) is 144 cm³/mol. The number of hydrogen-bond acceptors (Lipinski definition) is 10. The second-order valence-electron chi connectivity index (χ2n) is 11.2. The molecule has 0 aliphatic heterocycles. The predicted octanol–water partition coefficient (Wildman–Crippen LogP) is -0.296. The number of ketones is 2. The normalized spacial score (nSPS) is 26.1. The fourth-order valence-corrected chi connectivity index (χ4v) is 6.44. The van der Waals surface area contributed by atoms with Crippen molar-refractivity contribution in [2.45, 2.75) is 44.4 Å². The van der Waals surface area contributed by atoms with Gasteiger partial charge in [0, 0.05) is 23.6 Å². The number of carbonyl (C=O) groups is 4. The SMILES string of the molecule is CCc1cc(CNC(=O)CN(C)C)c(O)c2c1C[C@@H]1C[C@@H]3[C@@H](N(C)C)C(=O)C(C(N)=O)=C(O)[C@]3(O)C(=O)C1=C2O. The van der Waals surface area contributed by atoms with E-state index in [4.69, 9.17) is 5.73 Å². The lowest BCUT2D eigenvalue weighted by Crippen LogP contribution is -2.65. The molecule has 0 radical (unpaired) electrons. The Kier molecular flexibility index (Phi) is 7.56. The fourth-order valence-electron chi connectivity index (χ4n) is 6.44. The third-order valence-corrected chi connectivity index (χ3v) is 8.21. The monoisotopic (exact) mass is 556 g/mol. The highest BCUT2D eigenvalue weighted by Gasteiger charge is 2.64. The van der Waals surface area contributed by atoms with Crippen molar-refractivity contribution in [2.24, 2.45) is 17.6 Å². The van der Waals surface area contributed by atoms with E-state index >= 15 is 0 Å². The van der Waals surface area contributed by atoms with Gasteiger partial charge < -0.3 is 36.4 Å². The number of benzene rings is 1. The molecule has 3 aliphatic carbocycles. The molecule has 0 aromatic heterocycles. The number of aromatic hydroxyl groups is 1.